The Balaban J connectivity index is 2.08. The van der Waals surface area contributed by atoms with Crippen molar-refractivity contribution < 1.29 is 9.32 Å². The van der Waals surface area contributed by atoms with Gasteiger partial charge in [0.15, 0.2) is 5.11 Å². The fourth-order valence-electron chi connectivity index (χ4n) is 3.53. The predicted octanol–water partition coefficient (Wildman–Crippen LogP) is 3.72. The third-order valence-corrected chi connectivity index (χ3v) is 5.44. The zero-order chi connectivity index (χ0) is 19.8. The van der Waals surface area contributed by atoms with Crippen molar-refractivity contribution >= 4 is 23.0 Å². The maximum atomic E-state index is 5.78. The summed E-state index contributed by atoms with van der Waals surface area (Å²) in [6, 6.07) is 8.32. The molecule has 0 atom stereocenters. The molecule has 4 nitrogen and oxygen atoms in total. The van der Waals surface area contributed by atoms with Crippen LogP contribution in [-0.2, 0) is 6.54 Å². The van der Waals surface area contributed by atoms with E-state index >= 15 is 0 Å². The van der Waals surface area contributed by atoms with Crippen molar-refractivity contribution in [1.82, 2.24) is 4.90 Å². The van der Waals surface area contributed by atoms with E-state index in [0.29, 0.717) is 6.54 Å². The molecule has 0 radical (unpaired) electrons. The lowest BCUT2D eigenvalue weighted by Crippen LogP contribution is -3.11. The van der Waals surface area contributed by atoms with Crippen LogP contribution in [0.15, 0.2) is 34.9 Å². The van der Waals surface area contributed by atoms with Gasteiger partial charge in [-0.05, 0) is 70.1 Å². The van der Waals surface area contributed by atoms with E-state index < -0.39 is 0 Å². The molecule has 0 saturated heterocycles. The second-order valence-corrected chi connectivity index (χ2v) is 7.65. The normalized spacial score (nSPS) is 11.0. The summed E-state index contributed by atoms with van der Waals surface area (Å²) >= 11 is 5.78. The van der Waals surface area contributed by atoms with E-state index in [1.807, 2.05) is 12.1 Å². The van der Waals surface area contributed by atoms with Crippen molar-refractivity contribution in [2.75, 3.05) is 31.5 Å². The van der Waals surface area contributed by atoms with Gasteiger partial charge in [-0.1, -0.05) is 17.7 Å². The Hall–Kier alpha value is -1.85. The number of anilines is 1. The third-order valence-electron chi connectivity index (χ3n) is 5.08. The van der Waals surface area contributed by atoms with E-state index in [1.165, 1.54) is 29.8 Å². The number of furan rings is 1. The molecule has 0 bridgehead atoms. The minimum Gasteiger partial charge on any atom is -0.467 e. The first kappa shape index (κ1) is 21.5. The average molecular weight is 389 g/mol. The first-order valence-corrected chi connectivity index (χ1v) is 10.3. The molecule has 0 aliphatic rings. The molecular weight excluding hydrogens is 354 g/mol. The van der Waals surface area contributed by atoms with Crippen LogP contribution in [0.5, 0.6) is 0 Å². The number of hydrogen-bond acceptors (Lipinski definition) is 2. The minimum absolute atomic E-state index is 0.691. The van der Waals surface area contributed by atoms with Crippen molar-refractivity contribution in [1.29, 1.82) is 0 Å². The second-order valence-electron chi connectivity index (χ2n) is 7.27. The highest BCUT2D eigenvalue weighted by molar-refractivity contribution is 7.80. The summed E-state index contributed by atoms with van der Waals surface area (Å²) in [5.74, 6) is 0.937. The van der Waals surface area contributed by atoms with E-state index in [1.54, 1.807) is 11.2 Å². The van der Waals surface area contributed by atoms with Gasteiger partial charge in [-0.2, -0.15) is 0 Å². The zero-order valence-electron chi connectivity index (χ0n) is 17.4. The number of quaternary nitrogens is 1. The predicted molar refractivity (Wildman–Crippen MR) is 118 cm³/mol. The third kappa shape index (κ3) is 6.36. The van der Waals surface area contributed by atoms with Crippen LogP contribution in [0.3, 0.4) is 0 Å². The second kappa shape index (κ2) is 10.5. The van der Waals surface area contributed by atoms with Crippen molar-refractivity contribution in [2.45, 2.75) is 47.6 Å². The van der Waals surface area contributed by atoms with Gasteiger partial charge < -0.3 is 19.5 Å². The van der Waals surface area contributed by atoms with E-state index in [-0.39, 0.29) is 0 Å². The molecule has 148 valence electrons. The average Bonchev–Trinajstić information content (AvgIpc) is 3.13. The SMILES string of the molecule is CC[NH+](CC)CCCN(Cc1ccco1)C(=S)Nc1c(C)cc(C)cc1C. The molecule has 1 heterocycles. The molecule has 5 heteroatoms. The molecule has 27 heavy (non-hydrogen) atoms. The van der Waals surface area contributed by atoms with Crippen LogP contribution in [0, 0.1) is 20.8 Å². The summed E-state index contributed by atoms with van der Waals surface area (Å²) in [4.78, 5) is 3.84. The Morgan fingerprint density at radius 3 is 2.37 bits per heavy atom. The lowest BCUT2D eigenvalue weighted by Gasteiger charge is -2.27. The van der Waals surface area contributed by atoms with E-state index in [9.17, 15) is 0 Å². The van der Waals surface area contributed by atoms with Crippen LogP contribution in [0.1, 0.15) is 42.7 Å². The Morgan fingerprint density at radius 2 is 1.81 bits per heavy atom. The van der Waals surface area contributed by atoms with Crippen LogP contribution >= 0.6 is 12.2 Å². The summed E-state index contributed by atoms with van der Waals surface area (Å²) in [5, 5.41) is 4.25. The summed E-state index contributed by atoms with van der Waals surface area (Å²) in [7, 11) is 0. The number of rotatable bonds is 9. The number of thiocarbonyl (C=S) groups is 1. The Bertz CT molecular complexity index is 700. The first-order valence-electron chi connectivity index (χ1n) is 9.94. The van der Waals surface area contributed by atoms with E-state index in [4.69, 9.17) is 16.6 Å². The zero-order valence-corrected chi connectivity index (χ0v) is 18.2. The molecule has 2 aromatic rings. The lowest BCUT2D eigenvalue weighted by atomic mass is 10.1. The highest BCUT2D eigenvalue weighted by Crippen LogP contribution is 2.22. The van der Waals surface area contributed by atoms with Crippen molar-refractivity contribution in [2.24, 2.45) is 0 Å². The van der Waals surface area contributed by atoms with Gasteiger partial charge in [0, 0.05) is 18.7 Å². The minimum atomic E-state index is 0.691. The number of benzene rings is 1. The van der Waals surface area contributed by atoms with Crippen LogP contribution in [0.25, 0.3) is 0 Å². The Labute approximate surface area is 169 Å². The summed E-state index contributed by atoms with van der Waals surface area (Å²) in [5.41, 5.74) is 4.83. The van der Waals surface area contributed by atoms with Gasteiger partial charge in [0.25, 0.3) is 0 Å². The number of nitrogens with one attached hydrogen (secondary N) is 2. The van der Waals surface area contributed by atoms with E-state index in [0.717, 1.165) is 36.1 Å². The van der Waals surface area contributed by atoms with Crippen molar-refractivity contribution in [3.05, 3.63) is 53.0 Å². The molecule has 1 aromatic carbocycles. The highest BCUT2D eigenvalue weighted by atomic mass is 32.1. The van der Waals surface area contributed by atoms with Gasteiger partial charge in [-0.25, -0.2) is 0 Å². The number of aryl methyl sites for hydroxylation is 3. The fraction of sp³-hybridized carbons (Fsp3) is 0.500. The fourth-order valence-corrected chi connectivity index (χ4v) is 3.79. The molecule has 0 aliphatic carbocycles. The molecule has 0 amide bonds. The Morgan fingerprint density at radius 1 is 1.15 bits per heavy atom. The van der Waals surface area contributed by atoms with Gasteiger partial charge in [0.1, 0.15) is 5.76 Å². The maximum absolute atomic E-state index is 5.78. The topological polar surface area (TPSA) is 32.9 Å². The summed E-state index contributed by atoms with van der Waals surface area (Å²) < 4.78 is 5.56. The molecular formula is C22H34N3OS+. The highest BCUT2D eigenvalue weighted by Gasteiger charge is 2.15. The molecule has 0 unspecified atom stereocenters. The monoisotopic (exact) mass is 388 g/mol. The number of hydrogen-bond donors (Lipinski definition) is 2. The summed E-state index contributed by atoms with van der Waals surface area (Å²) in [6.45, 7) is 16.0. The van der Waals surface area contributed by atoms with Gasteiger partial charge in [0.05, 0.1) is 32.4 Å². The molecule has 0 spiro atoms. The molecule has 0 aliphatic heterocycles. The van der Waals surface area contributed by atoms with Gasteiger partial charge in [-0.3, -0.25) is 0 Å². The Kier molecular flexibility index (Phi) is 8.32. The van der Waals surface area contributed by atoms with Crippen LogP contribution < -0.4 is 10.2 Å². The summed E-state index contributed by atoms with van der Waals surface area (Å²) in [6.07, 6.45) is 2.82. The first-order chi connectivity index (χ1) is 12.9. The van der Waals surface area contributed by atoms with Gasteiger partial charge in [0.2, 0.25) is 0 Å². The van der Waals surface area contributed by atoms with Crippen LogP contribution in [0.2, 0.25) is 0 Å². The number of nitrogens with zero attached hydrogens (tertiary/aromatic N) is 1. The van der Waals surface area contributed by atoms with E-state index in [2.05, 4.69) is 57.0 Å². The molecule has 0 saturated carbocycles. The van der Waals surface area contributed by atoms with Gasteiger partial charge >= 0.3 is 0 Å². The standard InChI is InChI=1S/C22H33N3OS/c1-6-24(7-2)11-9-12-25(16-20-10-8-13-26-20)22(27)23-21-18(4)14-17(3)15-19(21)5/h8,10,13-15H,6-7,9,11-12,16H2,1-5H3,(H,23,27)/p+1. The van der Waals surface area contributed by atoms with Crippen LogP contribution in [-0.4, -0.2) is 36.2 Å². The maximum Gasteiger partial charge on any atom is 0.173 e. The quantitative estimate of drug-likeness (QED) is 0.642. The van der Waals surface area contributed by atoms with Crippen molar-refractivity contribution in [3.8, 4) is 0 Å². The largest absolute Gasteiger partial charge is 0.467 e. The van der Waals surface area contributed by atoms with Crippen molar-refractivity contribution in [3.63, 3.8) is 0 Å². The molecule has 2 rings (SSSR count). The molecule has 2 N–H and O–H groups in total. The molecule has 1 aromatic heterocycles. The smallest absolute Gasteiger partial charge is 0.173 e. The van der Waals surface area contributed by atoms with Crippen LogP contribution in [0.4, 0.5) is 5.69 Å². The molecule has 0 fully saturated rings. The lowest BCUT2D eigenvalue weighted by molar-refractivity contribution is -0.896. The van der Waals surface area contributed by atoms with Gasteiger partial charge in [-0.15, -0.1) is 0 Å².